The molecule has 70 valence electrons. The van der Waals surface area contributed by atoms with Gasteiger partial charge in [-0.25, -0.2) is 0 Å². The van der Waals surface area contributed by atoms with Gasteiger partial charge in [0.25, 0.3) is 0 Å². The number of methoxy groups -OCH3 is 1. The van der Waals surface area contributed by atoms with Gasteiger partial charge in [-0.1, -0.05) is 30.7 Å². The van der Waals surface area contributed by atoms with Crippen LogP contribution in [0.4, 0.5) is 0 Å². The fraction of sp³-hybridized carbons (Fsp3) is 0.636. The van der Waals surface area contributed by atoms with Crippen LogP contribution in [-0.2, 0) is 4.74 Å². The van der Waals surface area contributed by atoms with Crippen LogP contribution >= 0.6 is 0 Å². The average Bonchev–Trinajstić information content (AvgIpc) is 2.05. The summed E-state index contributed by atoms with van der Waals surface area (Å²) in [5.41, 5.74) is 1.49. The molecule has 1 nitrogen and oxygen atoms in total. The third-order valence-electron chi connectivity index (χ3n) is 1.69. The van der Waals surface area contributed by atoms with E-state index in [4.69, 9.17) is 4.74 Å². The van der Waals surface area contributed by atoms with Crippen molar-refractivity contribution in [2.24, 2.45) is 0 Å². The predicted molar refractivity (Wildman–Crippen MR) is 54.3 cm³/mol. The topological polar surface area (TPSA) is 9.23 Å². The van der Waals surface area contributed by atoms with E-state index < -0.39 is 0 Å². The van der Waals surface area contributed by atoms with Crippen LogP contribution in [0.1, 0.15) is 33.1 Å². The molecule has 0 heterocycles. The van der Waals surface area contributed by atoms with Gasteiger partial charge in [0.2, 0.25) is 0 Å². The summed E-state index contributed by atoms with van der Waals surface area (Å²) in [5, 5.41) is 0. The Hall–Kier alpha value is -0.560. The quantitative estimate of drug-likeness (QED) is 0.553. The lowest BCUT2D eigenvalue weighted by Gasteiger charge is -1.95. The summed E-state index contributed by atoms with van der Waals surface area (Å²) in [7, 11) is 1.71. The van der Waals surface area contributed by atoms with E-state index in [0.717, 1.165) is 19.4 Å². The smallest absolute Gasteiger partial charge is 0.0643 e. The van der Waals surface area contributed by atoms with Gasteiger partial charge in [0.05, 0.1) is 6.61 Å². The molecule has 12 heavy (non-hydrogen) atoms. The first kappa shape index (κ1) is 11.4. The molecule has 0 spiro atoms. The van der Waals surface area contributed by atoms with E-state index in [9.17, 15) is 0 Å². The van der Waals surface area contributed by atoms with Crippen molar-refractivity contribution in [2.75, 3.05) is 13.7 Å². The number of allylic oxidation sites excluding steroid dienone is 3. The maximum atomic E-state index is 4.89. The molecule has 0 amide bonds. The molecule has 0 unspecified atom stereocenters. The van der Waals surface area contributed by atoms with Gasteiger partial charge < -0.3 is 4.74 Å². The van der Waals surface area contributed by atoms with Crippen LogP contribution in [0.3, 0.4) is 0 Å². The van der Waals surface area contributed by atoms with Crippen LogP contribution in [0.5, 0.6) is 0 Å². The second-order valence-electron chi connectivity index (χ2n) is 2.92. The molecule has 0 atom stereocenters. The van der Waals surface area contributed by atoms with Crippen LogP contribution in [0.2, 0.25) is 0 Å². The Balaban J connectivity index is 3.36. The Labute approximate surface area is 76.1 Å². The van der Waals surface area contributed by atoms with E-state index in [-0.39, 0.29) is 0 Å². The first-order valence-corrected chi connectivity index (χ1v) is 4.60. The van der Waals surface area contributed by atoms with Crippen molar-refractivity contribution >= 4 is 0 Å². The van der Waals surface area contributed by atoms with Gasteiger partial charge in [0.1, 0.15) is 0 Å². The van der Waals surface area contributed by atoms with E-state index >= 15 is 0 Å². The van der Waals surface area contributed by atoms with Crippen LogP contribution < -0.4 is 0 Å². The minimum Gasteiger partial charge on any atom is -0.381 e. The van der Waals surface area contributed by atoms with Gasteiger partial charge in [0.15, 0.2) is 0 Å². The van der Waals surface area contributed by atoms with Gasteiger partial charge in [-0.3, -0.25) is 0 Å². The first-order valence-electron chi connectivity index (χ1n) is 4.60. The van der Waals surface area contributed by atoms with Crippen molar-refractivity contribution in [1.29, 1.82) is 0 Å². The van der Waals surface area contributed by atoms with Crippen molar-refractivity contribution in [3.05, 3.63) is 23.8 Å². The van der Waals surface area contributed by atoms with Crippen LogP contribution in [0, 0.1) is 0 Å². The Morgan fingerprint density at radius 1 is 1.33 bits per heavy atom. The van der Waals surface area contributed by atoms with E-state index in [0.29, 0.717) is 0 Å². The molecular formula is C11H20O. The molecule has 0 aromatic rings. The fourth-order valence-electron chi connectivity index (χ4n) is 1.04. The highest BCUT2D eigenvalue weighted by Crippen LogP contribution is 2.05. The summed E-state index contributed by atoms with van der Waals surface area (Å²) in [5.74, 6) is 0. The minimum atomic E-state index is 0.733. The summed E-state index contributed by atoms with van der Waals surface area (Å²) in [6.45, 7) is 5.09. The van der Waals surface area contributed by atoms with Gasteiger partial charge in [-0.15, -0.1) is 0 Å². The molecule has 0 aliphatic carbocycles. The van der Waals surface area contributed by atoms with Crippen molar-refractivity contribution < 1.29 is 4.74 Å². The largest absolute Gasteiger partial charge is 0.381 e. The molecular weight excluding hydrogens is 148 g/mol. The summed E-state index contributed by atoms with van der Waals surface area (Å²) in [4.78, 5) is 0. The van der Waals surface area contributed by atoms with Gasteiger partial charge in [0, 0.05) is 7.11 Å². The zero-order chi connectivity index (χ0) is 9.23. The summed E-state index contributed by atoms with van der Waals surface area (Å²) in [6, 6.07) is 0. The van der Waals surface area contributed by atoms with E-state index in [1.165, 1.54) is 12.0 Å². The third-order valence-corrected chi connectivity index (χ3v) is 1.69. The molecule has 0 aromatic carbocycles. The Morgan fingerprint density at radius 2 is 2.08 bits per heavy atom. The Morgan fingerprint density at radius 3 is 2.67 bits per heavy atom. The van der Waals surface area contributed by atoms with Crippen LogP contribution in [0.25, 0.3) is 0 Å². The average molecular weight is 168 g/mol. The molecule has 0 saturated heterocycles. The Kier molecular flexibility index (Phi) is 8.14. The molecule has 0 bridgehead atoms. The summed E-state index contributed by atoms with van der Waals surface area (Å²) in [6.07, 6.45) is 9.98. The SMILES string of the molecule is CC/C=C(/C)CC/C=C\COC. The predicted octanol–water partition coefficient (Wildman–Crippen LogP) is 3.33. The van der Waals surface area contributed by atoms with E-state index in [2.05, 4.69) is 32.1 Å². The molecule has 0 saturated carbocycles. The second kappa shape index (κ2) is 8.54. The molecule has 1 heteroatoms. The highest BCUT2D eigenvalue weighted by molar-refractivity contribution is 4.99. The lowest BCUT2D eigenvalue weighted by molar-refractivity contribution is 0.233. The number of ether oxygens (including phenoxy) is 1. The zero-order valence-electron chi connectivity index (χ0n) is 8.47. The van der Waals surface area contributed by atoms with E-state index in [1.807, 2.05) is 0 Å². The molecule has 0 aliphatic heterocycles. The van der Waals surface area contributed by atoms with Crippen molar-refractivity contribution in [3.63, 3.8) is 0 Å². The van der Waals surface area contributed by atoms with Crippen molar-refractivity contribution in [1.82, 2.24) is 0 Å². The second-order valence-corrected chi connectivity index (χ2v) is 2.92. The summed E-state index contributed by atoms with van der Waals surface area (Å²) >= 11 is 0. The highest BCUT2D eigenvalue weighted by Gasteiger charge is 1.85. The Bertz CT molecular complexity index is 145. The maximum Gasteiger partial charge on any atom is 0.0643 e. The number of hydrogen-bond donors (Lipinski definition) is 0. The molecule has 0 fully saturated rings. The van der Waals surface area contributed by atoms with Gasteiger partial charge in [-0.05, 0) is 26.2 Å². The molecule has 0 N–H and O–H groups in total. The van der Waals surface area contributed by atoms with Crippen molar-refractivity contribution in [2.45, 2.75) is 33.1 Å². The standard InChI is InChI=1S/C11H20O/c1-4-8-11(2)9-6-5-7-10-12-3/h5,7-8H,4,6,9-10H2,1-3H3/b7-5-,11-8-. The monoisotopic (exact) mass is 168 g/mol. The van der Waals surface area contributed by atoms with Crippen LogP contribution in [0.15, 0.2) is 23.8 Å². The lowest BCUT2D eigenvalue weighted by atomic mass is 10.1. The van der Waals surface area contributed by atoms with Crippen LogP contribution in [-0.4, -0.2) is 13.7 Å². The van der Waals surface area contributed by atoms with Crippen molar-refractivity contribution in [3.8, 4) is 0 Å². The molecule has 0 aromatic heterocycles. The molecule has 0 radical (unpaired) electrons. The third kappa shape index (κ3) is 7.55. The molecule has 0 aliphatic rings. The van der Waals surface area contributed by atoms with E-state index in [1.54, 1.807) is 7.11 Å². The number of rotatable bonds is 6. The summed E-state index contributed by atoms with van der Waals surface area (Å²) < 4.78 is 4.89. The normalized spacial score (nSPS) is 12.8. The van der Waals surface area contributed by atoms with Gasteiger partial charge >= 0.3 is 0 Å². The zero-order valence-corrected chi connectivity index (χ0v) is 8.47. The maximum absolute atomic E-state index is 4.89. The highest BCUT2D eigenvalue weighted by atomic mass is 16.5. The number of hydrogen-bond acceptors (Lipinski definition) is 1. The first-order chi connectivity index (χ1) is 5.81. The fourth-order valence-corrected chi connectivity index (χ4v) is 1.04. The lowest BCUT2D eigenvalue weighted by Crippen LogP contribution is -1.81. The minimum absolute atomic E-state index is 0.733. The molecule has 0 rings (SSSR count). The van der Waals surface area contributed by atoms with Gasteiger partial charge in [-0.2, -0.15) is 0 Å².